The van der Waals surface area contributed by atoms with E-state index >= 15 is 0 Å². The molecule has 0 unspecified atom stereocenters. The highest BCUT2D eigenvalue weighted by molar-refractivity contribution is 6.30. The van der Waals surface area contributed by atoms with Crippen molar-refractivity contribution in [3.63, 3.8) is 0 Å². The summed E-state index contributed by atoms with van der Waals surface area (Å²) in [6.07, 6.45) is 1.07. The number of hydrogen-bond donors (Lipinski definition) is 1. The van der Waals surface area contributed by atoms with E-state index in [1.54, 1.807) is 0 Å². The Balaban J connectivity index is 0.00000106. The van der Waals surface area contributed by atoms with Crippen molar-refractivity contribution in [2.75, 3.05) is 44.7 Å². The number of likely N-dealkylation sites (N-methyl/N-ethyl adjacent to an activating group) is 2. The first-order valence-electron chi connectivity index (χ1n) is 8.08. The molecule has 1 aromatic carbocycles. The third-order valence-corrected chi connectivity index (χ3v) is 4.17. The lowest BCUT2D eigenvalue weighted by Crippen LogP contribution is -2.32. The third kappa shape index (κ3) is 4.87. The van der Waals surface area contributed by atoms with Crippen molar-refractivity contribution in [3.8, 4) is 0 Å². The zero-order chi connectivity index (χ0) is 15.8. The van der Waals surface area contributed by atoms with Crippen LogP contribution in [-0.4, -0.2) is 44.7 Å². The summed E-state index contributed by atoms with van der Waals surface area (Å²) in [4.78, 5) is 4.81. The van der Waals surface area contributed by atoms with E-state index in [1.165, 1.54) is 11.3 Å². The molecule has 1 heterocycles. The summed E-state index contributed by atoms with van der Waals surface area (Å²) in [7, 11) is 2.16. The first kappa shape index (κ1) is 18.3. The van der Waals surface area contributed by atoms with Crippen molar-refractivity contribution in [2.45, 2.75) is 33.1 Å². The molecule has 0 amide bonds. The molecule has 1 aliphatic rings. The molecule has 0 bridgehead atoms. The van der Waals surface area contributed by atoms with Gasteiger partial charge in [0.1, 0.15) is 0 Å². The number of rotatable bonds is 6. The number of benzene rings is 1. The minimum atomic E-state index is 0.552. The predicted molar refractivity (Wildman–Crippen MR) is 94.6 cm³/mol. The Hall–Kier alpha value is -0.770. The molecule has 3 nitrogen and oxygen atoms in total. The molecule has 2 N–H and O–H groups in total. The van der Waals surface area contributed by atoms with E-state index in [9.17, 15) is 0 Å². The van der Waals surface area contributed by atoms with Gasteiger partial charge in [0.2, 0.25) is 0 Å². The lowest BCUT2D eigenvalue weighted by atomic mass is 10.0. The molecule has 1 aromatic rings. The van der Waals surface area contributed by atoms with Gasteiger partial charge in [0.05, 0.1) is 0 Å². The highest BCUT2D eigenvalue weighted by atomic mass is 35.5. The van der Waals surface area contributed by atoms with Crippen molar-refractivity contribution in [1.82, 2.24) is 4.90 Å². The molecule has 120 valence electrons. The van der Waals surface area contributed by atoms with E-state index in [2.05, 4.69) is 35.9 Å². The van der Waals surface area contributed by atoms with Crippen LogP contribution in [0.15, 0.2) is 18.2 Å². The van der Waals surface area contributed by atoms with Crippen molar-refractivity contribution in [2.24, 2.45) is 5.73 Å². The van der Waals surface area contributed by atoms with Crippen LogP contribution in [0.1, 0.15) is 38.7 Å². The molecule has 0 fully saturated rings. The van der Waals surface area contributed by atoms with Gasteiger partial charge in [-0.2, -0.15) is 0 Å². The Morgan fingerprint density at radius 1 is 1.38 bits per heavy atom. The summed E-state index contributed by atoms with van der Waals surface area (Å²) in [5.74, 6) is 0.552. The zero-order valence-corrected chi connectivity index (χ0v) is 14.7. The topological polar surface area (TPSA) is 32.5 Å². The number of hydrogen-bond acceptors (Lipinski definition) is 3. The highest BCUT2D eigenvalue weighted by Crippen LogP contribution is 2.37. The summed E-state index contributed by atoms with van der Waals surface area (Å²) in [6, 6.07) is 6.24. The van der Waals surface area contributed by atoms with E-state index in [0.29, 0.717) is 5.92 Å². The number of halogens is 1. The standard InChI is InChI=1S/C15H24ClN3.C2H6/c1-3-19(8-4-7-17)11-12-10-18(2)15-6-5-13(16)9-14(12)15;1-2/h5-6,9,12H,3-4,7-8,10-11,17H2,1-2H3;1-2H3/t12-;/m1./s1. The monoisotopic (exact) mass is 311 g/mol. The summed E-state index contributed by atoms with van der Waals surface area (Å²) in [5, 5.41) is 0.837. The van der Waals surface area contributed by atoms with Crippen molar-refractivity contribution in [1.29, 1.82) is 0 Å². The summed E-state index contributed by atoms with van der Waals surface area (Å²) < 4.78 is 0. The fourth-order valence-corrected chi connectivity index (χ4v) is 3.07. The van der Waals surface area contributed by atoms with Crippen LogP contribution in [0, 0.1) is 0 Å². The van der Waals surface area contributed by atoms with Crippen LogP contribution in [-0.2, 0) is 0 Å². The lowest BCUT2D eigenvalue weighted by molar-refractivity contribution is 0.271. The second kappa shape index (κ2) is 9.29. The first-order valence-corrected chi connectivity index (χ1v) is 8.46. The Kier molecular flexibility index (Phi) is 8.09. The van der Waals surface area contributed by atoms with Crippen LogP contribution in [0.4, 0.5) is 5.69 Å². The summed E-state index contributed by atoms with van der Waals surface area (Å²) in [6.45, 7) is 11.3. The van der Waals surface area contributed by atoms with Crippen LogP contribution in [0.5, 0.6) is 0 Å². The molecule has 0 aliphatic carbocycles. The molecule has 21 heavy (non-hydrogen) atoms. The van der Waals surface area contributed by atoms with E-state index in [0.717, 1.165) is 44.2 Å². The molecule has 1 atom stereocenters. The molecule has 0 saturated heterocycles. The van der Waals surface area contributed by atoms with Gasteiger partial charge >= 0.3 is 0 Å². The van der Waals surface area contributed by atoms with Gasteiger partial charge in [0.15, 0.2) is 0 Å². The van der Waals surface area contributed by atoms with Crippen LogP contribution in [0.25, 0.3) is 0 Å². The maximum atomic E-state index is 6.14. The van der Waals surface area contributed by atoms with E-state index in [1.807, 2.05) is 19.9 Å². The zero-order valence-electron chi connectivity index (χ0n) is 13.9. The van der Waals surface area contributed by atoms with Crippen LogP contribution in [0.2, 0.25) is 5.02 Å². The second-order valence-electron chi connectivity index (χ2n) is 5.32. The van der Waals surface area contributed by atoms with E-state index < -0.39 is 0 Å². The lowest BCUT2D eigenvalue weighted by Gasteiger charge is -2.24. The molecular formula is C17H30ClN3. The van der Waals surface area contributed by atoms with Crippen molar-refractivity contribution < 1.29 is 0 Å². The van der Waals surface area contributed by atoms with Crippen LogP contribution < -0.4 is 10.6 Å². The number of anilines is 1. The van der Waals surface area contributed by atoms with Gasteiger partial charge in [0.25, 0.3) is 0 Å². The molecule has 1 aliphatic heterocycles. The van der Waals surface area contributed by atoms with E-state index in [-0.39, 0.29) is 0 Å². The maximum absolute atomic E-state index is 6.14. The predicted octanol–water partition coefficient (Wildman–Crippen LogP) is 3.57. The van der Waals surface area contributed by atoms with Gasteiger partial charge < -0.3 is 15.5 Å². The first-order chi connectivity index (χ1) is 10.2. The van der Waals surface area contributed by atoms with Crippen LogP contribution in [0.3, 0.4) is 0 Å². The van der Waals surface area contributed by atoms with E-state index in [4.69, 9.17) is 17.3 Å². The van der Waals surface area contributed by atoms with Crippen molar-refractivity contribution >= 4 is 17.3 Å². The minimum Gasteiger partial charge on any atom is -0.374 e. The van der Waals surface area contributed by atoms with Gasteiger partial charge in [-0.25, -0.2) is 0 Å². The van der Waals surface area contributed by atoms with Gasteiger partial charge in [-0.15, -0.1) is 0 Å². The normalized spacial score (nSPS) is 16.7. The Morgan fingerprint density at radius 3 is 2.71 bits per heavy atom. The molecule has 2 rings (SSSR count). The molecule has 4 heteroatoms. The number of nitrogens with zero attached hydrogens (tertiary/aromatic N) is 2. The molecule has 0 spiro atoms. The molecule has 0 saturated carbocycles. The highest BCUT2D eigenvalue weighted by Gasteiger charge is 2.27. The molecular weight excluding hydrogens is 282 g/mol. The quantitative estimate of drug-likeness (QED) is 0.871. The minimum absolute atomic E-state index is 0.552. The van der Waals surface area contributed by atoms with Gasteiger partial charge in [-0.3, -0.25) is 0 Å². The summed E-state index contributed by atoms with van der Waals surface area (Å²) in [5.41, 5.74) is 8.32. The fraction of sp³-hybridized carbons (Fsp3) is 0.647. The smallest absolute Gasteiger partial charge is 0.0410 e. The fourth-order valence-electron chi connectivity index (χ4n) is 2.89. The number of nitrogens with two attached hydrogens (primary N) is 1. The van der Waals surface area contributed by atoms with Gasteiger partial charge in [-0.05, 0) is 49.8 Å². The van der Waals surface area contributed by atoms with Crippen molar-refractivity contribution in [3.05, 3.63) is 28.8 Å². The SMILES string of the molecule is CC.CCN(CCCN)C[C@H]1CN(C)c2ccc(Cl)cc21. The Labute approximate surface area is 135 Å². The van der Waals surface area contributed by atoms with Gasteiger partial charge in [0, 0.05) is 36.8 Å². The average Bonchev–Trinajstić information content (AvgIpc) is 2.81. The Morgan fingerprint density at radius 2 is 2.10 bits per heavy atom. The summed E-state index contributed by atoms with van der Waals surface area (Å²) >= 11 is 6.14. The largest absolute Gasteiger partial charge is 0.374 e. The van der Waals surface area contributed by atoms with Gasteiger partial charge in [-0.1, -0.05) is 32.4 Å². The van der Waals surface area contributed by atoms with Crippen LogP contribution >= 0.6 is 11.6 Å². The average molecular weight is 312 g/mol. The number of fused-ring (bicyclic) bond motifs is 1. The molecule has 0 aromatic heterocycles. The maximum Gasteiger partial charge on any atom is 0.0410 e. The molecule has 0 radical (unpaired) electrons. The Bertz CT molecular complexity index is 422. The second-order valence-corrected chi connectivity index (χ2v) is 5.75. The third-order valence-electron chi connectivity index (χ3n) is 3.94.